The first-order chi connectivity index (χ1) is 8.16. The van der Waals surface area contributed by atoms with Gasteiger partial charge in [-0.1, -0.05) is 6.92 Å². The summed E-state index contributed by atoms with van der Waals surface area (Å²) in [5, 5.41) is -0.648. The molecule has 17 heavy (non-hydrogen) atoms. The van der Waals surface area contributed by atoms with E-state index in [1.54, 1.807) is 5.66 Å². The van der Waals surface area contributed by atoms with E-state index in [1.165, 1.54) is 30.7 Å². The molecule has 86 valence electrons. The summed E-state index contributed by atoms with van der Waals surface area (Å²) in [6.45, 7) is -1.65. The molecule has 0 aromatic rings. The average molecular weight is 250 g/mol. The zero-order valence-electron chi connectivity index (χ0n) is 8.85. The first kappa shape index (κ1) is 14.8. The molecule has 0 amide bonds. The van der Waals surface area contributed by atoms with Crippen LogP contribution in [0.5, 0.6) is 0 Å². The Labute approximate surface area is 96.8 Å². The Morgan fingerprint density at radius 1 is 0.941 bits per heavy atom. The molecule has 0 atom stereocenters. The molecule has 0 bridgehead atoms. The summed E-state index contributed by atoms with van der Waals surface area (Å²) in [7, 11) is 0. The Morgan fingerprint density at radius 2 is 1.35 bits per heavy atom. The van der Waals surface area contributed by atoms with Gasteiger partial charge in [-0.15, -0.1) is 0 Å². The van der Waals surface area contributed by atoms with Gasteiger partial charge in [-0.3, -0.25) is 0 Å². The van der Waals surface area contributed by atoms with Crippen molar-refractivity contribution in [2.24, 2.45) is 0 Å². The fraction of sp³-hybridized carbons (Fsp3) is 0.182. The Balaban J connectivity index is 6.45. The van der Waals surface area contributed by atoms with Crippen molar-refractivity contribution in [1.29, 1.82) is 0 Å². The van der Waals surface area contributed by atoms with Crippen LogP contribution in [0.25, 0.3) is 0 Å². The highest BCUT2D eigenvalue weighted by Crippen LogP contribution is 2.59. The third-order valence-corrected chi connectivity index (χ3v) is 5.40. The highest BCUT2D eigenvalue weighted by atomic mass is 31.2. The SMILES string of the molecule is CCP(=C=O)(C(=C=O)C=C=O)C(=C=O)C=C=O. The van der Waals surface area contributed by atoms with Gasteiger partial charge in [0, 0.05) is 12.2 Å². The first-order valence-corrected chi connectivity index (χ1v) is 6.34. The zero-order chi connectivity index (χ0) is 13.3. The van der Waals surface area contributed by atoms with Gasteiger partial charge in [0.25, 0.3) is 0 Å². The lowest BCUT2D eigenvalue weighted by Crippen LogP contribution is -1.96. The predicted octanol–water partition coefficient (Wildman–Crippen LogP) is 0.298. The van der Waals surface area contributed by atoms with Crippen LogP contribution in [-0.2, 0) is 24.0 Å². The van der Waals surface area contributed by atoms with Crippen molar-refractivity contribution in [3.05, 3.63) is 22.8 Å². The molecule has 0 saturated carbocycles. The van der Waals surface area contributed by atoms with Crippen molar-refractivity contribution in [3.8, 4) is 0 Å². The van der Waals surface area contributed by atoms with E-state index in [2.05, 4.69) is 0 Å². The third-order valence-electron chi connectivity index (χ3n) is 2.05. The molecule has 0 aliphatic heterocycles. The van der Waals surface area contributed by atoms with Gasteiger partial charge in [0.05, 0.1) is 17.5 Å². The molecule has 0 saturated heterocycles. The Bertz CT molecular complexity index is 539. The minimum Gasteiger partial charge on any atom is -0.234 e. The molecule has 0 aromatic carbocycles. The minimum absolute atomic E-state index is 0.0437. The van der Waals surface area contributed by atoms with E-state index in [-0.39, 0.29) is 16.8 Å². The van der Waals surface area contributed by atoms with Crippen LogP contribution < -0.4 is 0 Å². The second kappa shape index (κ2) is 7.14. The molecule has 0 radical (unpaired) electrons. The molecule has 0 aliphatic carbocycles. The normalized spacial score (nSPS) is 11.4. The van der Waals surface area contributed by atoms with Gasteiger partial charge in [0.2, 0.25) is 0 Å². The van der Waals surface area contributed by atoms with Crippen LogP contribution in [0.4, 0.5) is 0 Å². The number of hydrogen-bond donors (Lipinski definition) is 0. The molecule has 0 N–H and O–H groups in total. The van der Waals surface area contributed by atoms with Crippen molar-refractivity contribution in [1.82, 2.24) is 0 Å². The van der Waals surface area contributed by atoms with E-state index in [9.17, 15) is 24.0 Å². The van der Waals surface area contributed by atoms with Crippen molar-refractivity contribution in [3.63, 3.8) is 0 Å². The summed E-state index contributed by atoms with van der Waals surface area (Å²) in [5.41, 5.74) is 1.58. The number of rotatable bonds is 5. The predicted molar refractivity (Wildman–Crippen MR) is 62.1 cm³/mol. The quantitative estimate of drug-likeness (QED) is 0.398. The Kier molecular flexibility index (Phi) is 6.22. The van der Waals surface area contributed by atoms with Gasteiger partial charge in [-0.2, -0.15) is 0 Å². The Morgan fingerprint density at radius 3 is 1.53 bits per heavy atom. The lowest BCUT2D eigenvalue weighted by molar-refractivity contribution is 0.565. The highest BCUT2D eigenvalue weighted by molar-refractivity contribution is 7.82. The van der Waals surface area contributed by atoms with Gasteiger partial charge in [0.15, 0.2) is 0 Å². The maximum absolute atomic E-state index is 11.0. The minimum atomic E-state index is -3.17. The fourth-order valence-electron chi connectivity index (χ4n) is 1.18. The Hall–Kier alpha value is -2.19. The molecule has 0 heterocycles. The highest BCUT2D eigenvalue weighted by Gasteiger charge is 2.27. The van der Waals surface area contributed by atoms with Gasteiger partial charge in [-0.25, -0.2) is 24.0 Å². The van der Waals surface area contributed by atoms with Crippen LogP contribution in [0.15, 0.2) is 22.8 Å². The van der Waals surface area contributed by atoms with Gasteiger partial charge in [0.1, 0.15) is 29.4 Å². The van der Waals surface area contributed by atoms with Crippen LogP contribution in [0, 0.1) is 0 Å². The standard InChI is InChI=1S/C11H7O5P/c1-2-17(9-16,10(7-14)3-5-12)11(8-15)4-6-13/h3-4H,2H2,1H3. The van der Waals surface area contributed by atoms with E-state index in [0.717, 1.165) is 0 Å². The van der Waals surface area contributed by atoms with Crippen molar-refractivity contribution >= 4 is 36.3 Å². The summed E-state index contributed by atoms with van der Waals surface area (Å²) in [5.74, 6) is 5.47. The molecule has 5 nitrogen and oxygen atoms in total. The molecular formula is C11H7O5P. The maximum Gasteiger partial charge on any atom is 0.134 e. The average Bonchev–Trinajstić information content (AvgIpc) is 2.37. The molecule has 0 spiro atoms. The molecular weight excluding hydrogens is 243 g/mol. The van der Waals surface area contributed by atoms with E-state index >= 15 is 0 Å². The van der Waals surface area contributed by atoms with E-state index < -0.39 is 6.89 Å². The monoisotopic (exact) mass is 250 g/mol. The molecule has 6 heteroatoms. The van der Waals surface area contributed by atoms with Crippen molar-refractivity contribution in [2.75, 3.05) is 6.16 Å². The molecule has 0 unspecified atom stereocenters. The summed E-state index contributed by atoms with van der Waals surface area (Å²) < 4.78 is 0. The van der Waals surface area contributed by atoms with Crippen LogP contribution in [0.3, 0.4) is 0 Å². The first-order valence-electron chi connectivity index (χ1n) is 4.37. The molecule has 0 rings (SSSR count). The van der Waals surface area contributed by atoms with Gasteiger partial charge in [-0.05, 0) is 6.16 Å². The van der Waals surface area contributed by atoms with Crippen LogP contribution >= 0.6 is 6.89 Å². The van der Waals surface area contributed by atoms with Crippen molar-refractivity contribution in [2.45, 2.75) is 6.92 Å². The second-order valence-corrected chi connectivity index (χ2v) is 6.11. The van der Waals surface area contributed by atoms with E-state index in [4.69, 9.17) is 0 Å². The number of allylic oxidation sites excluding steroid dienone is 4. The lowest BCUT2D eigenvalue weighted by Gasteiger charge is -2.15. The third kappa shape index (κ3) is 2.89. The number of hydrogen-bond acceptors (Lipinski definition) is 5. The van der Waals surface area contributed by atoms with Crippen LogP contribution in [0.1, 0.15) is 6.92 Å². The van der Waals surface area contributed by atoms with E-state index in [1.807, 2.05) is 0 Å². The smallest absolute Gasteiger partial charge is 0.134 e. The van der Waals surface area contributed by atoms with Gasteiger partial charge >= 0.3 is 0 Å². The lowest BCUT2D eigenvalue weighted by atomic mass is 10.6. The van der Waals surface area contributed by atoms with Crippen LogP contribution in [-0.4, -0.2) is 35.6 Å². The maximum atomic E-state index is 11.0. The largest absolute Gasteiger partial charge is 0.234 e. The molecule has 0 fully saturated rings. The summed E-state index contributed by atoms with van der Waals surface area (Å²) in [6.07, 6.45) is 1.47. The molecule has 0 aliphatic rings. The number of carbonyl (C=O) groups excluding carboxylic acids is 5. The van der Waals surface area contributed by atoms with Crippen LogP contribution in [0.2, 0.25) is 0 Å². The fourth-order valence-corrected chi connectivity index (χ4v) is 3.30. The zero-order valence-corrected chi connectivity index (χ0v) is 9.74. The van der Waals surface area contributed by atoms with Gasteiger partial charge < -0.3 is 0 Å². The van der Waals surface area contributed by atoms with Crippen molar-refractivity contribution < 1.29 is 24.0 Å². The molecule has 0 aromatic heterocycles. The van der Waals surface area contributed by atoms with E-state index in [0.29, 0.717) is 12.2 Å². The summed E-state index contributed by atoms with van der Waals surface area (Å²) >= 11 is 0. The summed E-state index contributed by atoms with van der Waals surface area (Å²) in [4.78, 5) is 52.9. The summed E-state index contributed by atoms with van der Waals surface area (Å²) in [6, 6.07) is 0. The second-order valence-electron chi connectivity index (χ2n) is 2.72. The topological polar surface area (TPSA) is 85.3 Å².